The molecule has 0 bridgehead atoms. The molecule has 1 aromatic heterocycles. The molecule has 1 saturated heterocycles. The predicted molar refractivity (Wildman–Crippen MR) is 95.1 cm³/mol. The van der Waals surface area contributed by atoms with Crippen LogP contribution in [-0.4, -0.2) is 65.0 Å². The Morgan fingerprint density at radius 3 is 2.65 bits per heavy atom. The zero-order valence-electron chi connectivity index (χ0n) is 15.3. The summed E-state index contributed by atoms with van der Waals surface area (Å²) in [6.45, 7) is 5.03. The van der Waals surface area contributed by atoms with Gasteiger partial charge in [0.25, 0.3) is 0 Å². The molecule has 1 aromatic rings. The van der Waals surface area contributed by atoms with Crippen LogP contribution in [0.5, 0.6) is 0 Å². The Balaban J connectivity index is 1.80. The molecule has 142 valence electrons. The molecule has 0 radical (unpaired) electrons. The Morgan fingerprint density at radius 2 is 2.08 bits per heavy atom. The summed E-state index contributed by atoms with van der Waals surface area (Å²) < 4.78 is 4.98. The lowest BCUT2D eigenvalue weighted by Crippen LogP contribution is -2.49. The standard InChI is InChI=1S/C18H26N4O4/c1-3-26-18(25)21-9-6-16(7-10-21)20-17(24)13-22(14(2)23)12-15-5-4-8-19-11-15/h4-5,8,11,16H,3,6-7,9-10,12-13H2,1-2H3,(H,20,24). The smallest absolute Gasteiger partial charge is 0.409 e. The van der Waals surface area contributed by atoms with Crippen molar-refractivity contribution in [2.75, 3.05) is 26.2 Å². The maximum absolute atomic E-state index is 12.3. The third kappa shape index (κ3) is 6.02. The van der Waals surface area contributed by atoms with Gasteiger partial charge in [0.05, 0.1) is 13.2 Å². The topological polar surface area (TPSA) is 91.8 Å². The second-order valence-electron chi connectivity index (χ2n) is 6.26. The van der Waals surface area contributed by atoms with Crippen molar-refractivity contribution in [1.29, 1.82) is 0 Å². The summed E-state index contributed by atoms with van der Waals surface area (Å²) in [5.74, 6) is -0.361. The fourth-order valence-corrected chi connectivity index (χ4v) is 2.86. The second kappa shape index (κ2) is 9.74. The molecule has 8 nitrogen and oxygen atoms in total. The summed E-state index contributed by atoms with van der Waals surface area (Å²) in [5, 5.41) is 2.95. The number of hydrogen-bond donors (Lipinski definition) is 1. The number of pyridine rings is 1. The highest BCUT2D eigenvalue weighted by atomic mass is 16.6. The highest BCUT2D eigenvalue weighted by molar-refractivity contribution is 5.84. The van der Waals surface area contributed by atoms with Gasteiger partial charge in [-0.15, -0.1) is 0 Å². The van der Waals surface area contributed by atoms with E-state index >= 15 is 0 Å². The SMILES string of the molecule is CCOC(=O)N1CCC(NC(=O)CN(Cc2cccnc2)C(C)=O)CC1. The molecular formula is C18H26N4O4. The number of amides is 3. The molecule has 0 aliphatic carbocycles. The van der Waals surface area contributed by atoms with Gasteiger partial charge in [-0.1, -0.05) is 6.07 Å². The summed E-state index contributed by atoms with van der Waals surface area (Å²) in [5.41, 5.74) is 0.873. The zero-order valence-corrected chi connectivity index (χ0v) is 15.3. The van der Waals surface area contributed by atoms with E-state index in [1.165, 1.54) is 11.8 Å². The molecule has 0 saturated carbocycles. The van der Waals surface area contributed by atoms with Crippen molar-refractivity contribution >= 4 is 17.9 Å². The lowest BCUT2D eigenvalue weighted by Gasteiger charge is -2.32. The van der Waals surface area contributed by atoms with Crippen molar-refractivity contribution in [1.82, 2.24) is 20.1 Å². The summed E-state index contributed by atoms with van der Waals surface area (Å²) in [6.07, 6.45) is 4.38. The van der Waals surface area contributed by atoms with Gasteiger partial charge in [-0.2, -0.15) is 0 Å². The van der Waals surface area contributed by atoms with Crippen LogP contribution in [0.3, 0.4) is 0 Å². The highest BCUT2D eigenvalue weighted by Crippen LogP contribution is 2.12. The predicted octanol–water partition coefficient (Wildman–Crippen LogP) is 1.17. The minimum atomic E-state index is -0.309. The number of ether oxygens (including phenoxy) is 1. The van der Waals surface area contributed by atoms with Gasteiger partial charge in [-0.3, -0.25) is 14.6 Å². The number of aromatic nitrogens is 1. The lowest BCUT2D eigenvalue weighted by molar-refractivity contribution is -0.135. The third-order valence-electron chi connectivity index (χ3n) is 4.26. The zero-order chi connectivity index (χ0) is 18.9. The molecule has 1 aliphatic heterocycles. The maximum Gasteiger partial charge on any atom is 0.409 e. The van der Waals surface area contributed by atoms with Crippen molar-refractivity contribution in [2.45, 2.75) is 39.3 Å². The van der Waals surface area contributed by atoms with Gasteiger partial charge in [0.2, 0.25) is 11.8 Å². The Morgan fingerprint density at radius 1 is 1.35 bits per heavy atom. The average Bonchev–Trinajstić information content (AvgIpc) is 2.62. The molecule has 26 heavy (non-hydrogen) atoms. The number of rotatable bonds is 6. The fourth-order valence-electron chi connectivity index (χ4n) is 2.86. The first-order valence-electron chi connectivity index (χ1n) is 8.85. The van der Waals surface area contributed by atoms with Crippen molar-refractivity contribution in [3.63, 3.8) is 0 Å². The van der Waals surface area contributed by atoms with Gasteiger partial charge in [0.1, 0.15) is 0 Å². The largest absolute Gasteiger partial charge is 0.450 e. The molecular weight excluding hydrogens is 336 g/mol. The van der Waals surface area contributed by atoms with Crippen LogP contribution in [0.2, 0.25) is 0 Å². The van der Waals surface area contributed by atoms with Crippen LogP contribution >= 0.6 is 0 Å². The van der Waals surface area contributed by atoms with E-state index in [0.29, 0.717) is 39.1 Å². The van der Waals surface area contributed by atoms with E-state index in [-0.39, 0.29) is 30.5 Å². The fraction of sp³-hybridized carbons (Fsp3) is 0.556. The monoisotopic (exact) mass is 362 g/mol. The van der Waals surface area contributed by atoms with E-state index in [1.54, 1.807) is 30.3 Å². The molecule has 0 atom stereocenters. The molecule has 1 fully saturated rings. The van der Waals surface area contributed by atoms with Crippen molar-refractivity contribution < 1.29 is 19.1 Å². The van der Waals surface area contributed by atoms with E-state index in [4.69, 9.17) is 4.74 Å². The molecule has 3 amide bonds. The Labute approximate surface area is 153 Å². The minimum Gasteiger partial charge on any atom is -0.450 e. The lowest BCUT2D eigenvalue weighted by atomic mass is 10.1. The minimum absolute atomic E-state index is 0.000349. The number of likely N-dealkylation sites (tertiary alicyclic amines) is 1. The Bertz CT molecular complexity index is 615. The molecule has 0 spiro atoms. The van der Waals surface area contributed by atoms with Crippen LogP contribution in [0.1, 0.15) is 32.3 Å². The second-order valence-corrected chi connectivity index (χ2v) is 6.26. The van der Waals surface area contributed by atoms with Gasteiger partial charge in [-0.05, 0) is 31.4 Å². The van der Waals surface area contributed by atoms with Gasteiger partial charge >= 0.3 is 6.09 Å². The molecule has 1 N–H and O–H groups in total. The van der Waals surface area contributed by atoms with E-state index in [1.807, 2.05) is 6.07 Å². The van der Waals surface area contributed by atoms with Crippen LogP contribution in [0, 0.1) is 0 Å². The van der Waals surface area contributed by atoms with E-state index in [9.17, 15) is 14.4 Å². The van der Waals surface area contributed by atoms with Crippen molar-refractivity contribution in [3.05, 3.63) is 30.1 Å². The summed E-state index contributed by atoms with van der Waals surface area (Å²) in [6, 6.07) is 3.66. The van der Waals surface area contributed by atoms with E-state index in [0.717, 1.165) is 5.56 Å². The van der Waals surface area contributed by atoms with Gasteiger partial charge in [0, 0.05) is 45.0 Å². The first-order chi connectivity index (χ1) is 12.5. The number of carbonyl (C=O) groups excluding carboxylic acids is 3. The summed E-state index contributed by atoms with van der Waals surface area (Å²) in [7, 11) is 0. The van der Waals surface area contributed by atoms with Crippen molar-refractivity contribution in [3.8, 4) is 0 Å². The number of nitrogens with one attached hydrogen (secondary N) is 1. The van der Waals surface area contributed by atoms with Crippen LogP contribution in [0.15, 0.2) is 24.5 Å². The first kappa shape index (κ1) is 19.7. The molecule has 0 aromatic carbocycles. The van der Waals surface area contributed by atoms with Gasteiger partial charge in [-0.25, -0.2) is 4.79 Å². The maximum atomic E-state index is 12.3. The Kier molecular flexibility index (Phi) is 7.37. The third-order valence-corrected chi connectivity index (χ3v) is 4.26. The number of nitrogens with zero attached hydrogens (tertiary/aromatic N) is 3. The van der Waals surface area contributed by atoms with E-state index < -0.39 is 0 Å². The van der Waals surface area contributed by atoms with Crippen LogP contribution in [0.25, 0.3) is 0 Å². The molecule has 0 unspecified atom stereocenters. The summed E-state index contributed by atoms with van der Waals surface area (Å²) >= 11 is 0. The quantitative estimate of drug-likeness (QED) is 0.820. The normalized spacial score (nSPS) is 14.6. The molecule has 8 heteroatoms. The summed E-state index contributed by atoms with van der Waals surface area (Å²) in [4.78, 5) is 43.0. The molecule has 2 rings (SSSR count). The highest BCUT2D eigenvalue weighted by Gasteiger charge is 2.25. The first-order valence-corrected chi connectivity index (χ1v) is 8.85. The van der Waals surface area contributed by atoms with Crippen LogP contribution in [0.4, 0.5) is 4.79 Å². The Hall–Kier alpha value is -2.64. The average molecular weight is 362 g/mol. The van der Waals surface area contributed by atoms with Gasteiger partial charge in [0.15, 0.2) is 0 Å². The molecule has 1 aliphatic rings. The van der Waals surface area contributed by atoms with Gasteiger partial charge < -0.3 is 19.9 Å². The van der Waals surface area contributed by atoms with Crippen LogP contribution in [-0.2, 0) is 20.9 Å². The van der Waals surface area contributed by atoms with E-state index in [2.05, 4.69) is 10.3 Å². The number of hydrogen-bond acceptors (Lipinski definition) is 5. The number of piperidine rings is 1. The van der Waals surface area contributed by atoms with Crippen molar-refractivity contribution in [2.24, 2.45) is 0 Å². The molecule has 2 heterocycles. The van der Waals surface area contributed by atoms with Crippen LogP contribution < -0.4 is 5.32 Å². The number of carbonyl (C=O) groups is 3.